The van der Waals surface area contributed by atoms with Gasteiger partial charge in [0.1, 0.15) is 11.9 Å². The molecule has 18 heavy (non-hydrogen) atoms. The minimum absolute atomic E-state index is 0.714. The molecule has 0 fully saturated rings. The van der Waals surface area contributed by atoms with Gasteiger partial charge in [-0.1, -0.05) is 18.2 Å². The molecule has 0 saturated carbocycles. The number of aliphatic hydroxyl groups excluding tert-OH is 1. The smallest absolute Gasteiger partial charge is 0.128 e. The number of hydrogen-bond acceptors (Lipinski definition) is 4. The third-order valence-corrected chi connectivity index (χ3v) is 3.18. The van der Waals surface area contributed by atoms with Gasteiger partial charge in [0.2, 0.25) is 0 Å². The van der Waals surface area contributed by atoms with E-state index in [-0.39, 0.29) is 0 Å². The Hall–Kier alpha value is -1.94. The molecular formula is C14H14N2O2. The average molecular weight is 242 g/mol. The minimum Gasteiger partial charge on any atom is -0.493 e. The Morgan fingerprint density at radius 3 is 3.00 bits per heavy atom. The molecule has 1 aliphatic heterocycles. The first kappa shape index (κ1) is 11.2. The topological polar surface area (TPSA) is 55.2 Å². The summed E-state index contributed by atoms with van der Waals surface area (Å²) in [6, 6.07) is 7.67. The quantitative estimate of drug-likeness (QED) is 0.873. The van der Waals surface area contributed by atoms with Crippen molar-refractivity contribution in [3.8, 4) is 5.75 Å². The van der Waals surface area contributed by atoms with Crippen molar-refractivity contribution < 1.29 is 9.84 Å². The Balaban J connectivity index is 2.02. The molecular weight excluding hydrogens is 228 g/mol. The van der Waals surface area contributed by atoms with Crippen LogP contribution in [0, 0.1) is 0 Å². The molecule has 1 aromatic carbocycles. The van der Waals surface area contributed by atoms with E-state index >= 15 is 0 Å². The number of benzene rings is 1. The number of hydrogen-bond donors (Lipinski definition) is 1. The summed E-state index contributed by atoms with van der Waals surface area (Å²) in [5.74, 6) is 0.827. The summed E-state index contributed by atoms with van der Waals surface area (Å²) in [7, 11) is 0. The number of aromatic nitrogens is 2. The van der Waals surface area contributed by atoms with E-state index in [1.54, 1.807) is 18.5 Å². The molecule has 3 rings (SSSR count). The first-order valence-electron chi connectivity index (χ1n) is 6.05. The van der Waals surface area contributed by atoms with Crippen molar-refractivity contribution in [2.75, 3.05) is 6.61 Å². The van der Waals surface area contributed by atoms with Crippen molar-refractivity contribution in [2.45, 2.75) is 18.9 Å². The number of fused-ring (bicyclic) bond motifs is 1. The number of rotatable bonds is 2. The van der Waals surface area contributed by atoms with E-state index in [1.807, 2.05) is 12.1 Å². The van der Waals surface area contributed by atoms with Crippen molar-refractivity contribution in [3.63, 3.8) is 0 Å². The standard InChI is InChI=1S/C14H14N2O2/c17-13(11-6-7-15-16-9-11)12-5-1-3-10-4-2-8-18-14(10)12/h1,3,5-7,9,13,17H,2,4,8H2. The second-order valence-electron chi connectivity index (χ2n) is 4.37. The molecule has 0 spiro atoms. The molecule has 2 aromatic rings. The summed E-state index contributed by atoms with van der Waals surface area (Å²) in [5, 5.41) is 17.9. The molecule has 0 radical (unpaired) electrons. The summed E-state index contributed by atoms with van der Waals surface area (Å²) < 4.78 is 5.70. The molecule has 1 aromatic heterocycles. The summed E-state index contributed by atoms with van der Waals surface area (Å²) in [6.07, 6.45) is 4.48. The molecule has 4 nitrogen and oxygen atoms in total. The Kier molecular flexibility index (Phi) is 2.94. The van der Waals surface area contributed by atoms with Gasteiger partial charge in [-0.25, -0.2) is 0 Å². The van der Waals surface area contributed by atoms with Gasteiger partial charge in [0.05, 0.1) is 12.8 Å². The number of aryl methyl sites for hydroxylation is 1. The van der Waals surface area contributed by atoms with Crippen LogP contribution in [0.3, 0.4) is 0 Å². The molecule has 4 heteroatoms. The van der Waals surface area contributed by atoms with E-state index in [9.17, 15) is 5.11 Å². The summed E-state index contributed by atoms with van der Waals surface area (Å²) in [5.41, 5.74) is 2.70. The molecule has 1 atom stereocenters. The maximum Gasteiger partial charge on any atom is 0.128 e. The molecule has 92 valence electrons. The fourth-order valence-electron chi connectivity index (χ4n) is 2.27. The highest BCUT2D eigenvalue weighted by atomic mass is 16.5. The van der Waals surface area contributed by atoms with E-state index in [1.165, 1.54) is 5.56 Å². The number of para-hydroxylation sites is 1. The largest absolute Gasteiger partial charge is 0.493 e. The Labute approximate surface area is 105 Å². The third-order valence-electron chi connectivity index (χ3n) is 3.18. The van der Waals surface area contributed by atoms with Gasteiger partial charge < -0.3 is 9.84 Å². The lowest BCUT2D eigenvalue weighted by Crippen LogP contribution is -2.12. The predicted octanol–water partition coefficient (Wildman–Crippen LogP) is 1.88. The monoisotopic (exact) mass is 242 g/mol. The first-order valence-corrected chi connectivity index (χ1v) is 6.05. The minimum atomic E-state index is -0.714. The van der Waals surface area contributed by atoms with Crippen LogP contribution in [0.25, 0.3) is 0 Å². The lowest BCUT2D eigenvalue weighted by atomic mass is 9.96. The lowest BCUT2D eigenvalue weighted by Gasteiger charge is -2.22. The summed E-state index contributed by atoms with van der Waals surface area (Å²) >= 11 is 0. The van der Waals surface area contributed by atoms with E-state index in [4.69, 9.17) is 4.74 Å². The molecule has 0 saturated heterocycles. The molecule has 2 heterocycles. The zero-order valence-corrected chi connectivity index (χ0v) is 9.91. The van der Waals surface area contributed by atoms with Gasteiger partial charge >= 0.3 is 0 Å². The zero-order valence-electron chi connectivity index (χ0n) is 9.91. The molecule has 0 aliphatic carbocycles. The van der Waals surface area contributed by atoms with Gasteiger partial charge in [0.25, 0.3) is 0 Å². The van der Waals surface area contributed by atoms with Crippen LogP contribution in [-0.4, -0.2) is 21.9 Å². The second kappa shape index (κ2) is 4.74. The highest BCUT2D eigenvalue weighted by molar-refractivity contribution is 5.46. The van der Waals surface area contributed by atoms with E-state index in [0.717, 1.165) is 29.7 Å². The normalized spacial score (nSPS) is 15.6. The molecule has 0 amide bonds. The fraction of sp³-hybridized carbons (Fsp3) is 0.286. The summed E-state index contributed by atoms with van der Waals surface area (Å²) in [6.45, 7) is 0.714. The van der Waals surface area contributed by atoms with Crippen molar-refractivity contribution >= 4 is 0 Å². The van der Waals surface area contributed by atoms with Crippen LogP contribution in [-0.2, 0) is 6.42 Å². The Morgan fingerprint density at radius 1 is 1.22 bits per heavy atom. The lowest BCUT2D eigenvalue weighted by molar-refractivity contribution is 0.206. The van der Waals surface area contributed by atoms with Crippen molar-refractivity contribution in [2.24, 2.45) is 0 Å². The number of aliphatic hydroxyl groups is 1. The van der Waals surface area contributed by atoms with Crippen LogP contribution in [0.15, 0.2) is 36.7 Å². The fourth-order valence-corrected chi connectivity index (χ4v) is 2.27. The van der Waals surface area contributed by atoms with Gasteiger partial charge in [0.15, 0.2) is 0 Å². The van der Waals surface area contributed by atoms with Crippen LogP contribution < -0.4 is 4.74 Å². The Bertz CT molecular complexity index is 543. The van der Waals surface area contributed by atoms with Crippen LogP contribution in [0.2, 0.25) is 0 Å². The van der Waals surface area contributed by atoms with Gasteiger partial charge in [-0.2, -0.15) is 10.2 Å². The predicted molar refractivity (Wildman–Crippen MR) is 66.4 cm³/mol. The van der Waals surface area contributed by atoms with E-state index < -0.39 is 6.10 Å². The van der Waals surface area contributed by atoms with E-state index in [2.05, 4.69) is 16.3 Å². The van der Waals surface area contributed by atoms with E-state index in [0.29, 0.717) is 6.61 Å². The van der Waals surface area contributed by atoms with Crippen LogP contribution in [0.5, 0.6) is 5.75 Å². The molecule has 0 bridgehead atoms. The number of ether oxygens (including phenoxy) is 1. The van der Waals surface area contributed by atoms with Crippen molar-refractivity contribution in [1.29, 1.82) is 0 Å². The highest BCUT2D eigenvalue weighted by Gasteiger charge is 2.20. The highest BCUT2D eigenvalue weighted by Crippen LogP contribution is 2.35. The average Bonchev–Trinajstić information content (AvgIpc) is 2.47. The van der Waals surface area contributed by atoms with Crippen LogP contribution in [0.4, 0.5) is 0 Å². The maximum absolute atomic E-state index is 10.4. The molecule has 1 aliphatic rings. The van der Waals surface area contributed by atoms with Crippen molar-refractivity contribution in [1.82, 2.24) is 10.2 Å². The molecule has 1 unspecified atom stereocenters. The van der Waals surface area contributed by atoms with Gasteiger partial charge in [0, 0.05) is 17.3 Å². The molecule has 1 N–H and O–H groups in total. The van der Waals surface area contributed by atoms with Crippen molar-refractivity contribution in [3.05, 3.63) is 53.3 Å². The van der Waals surface area contributed by atoms with Crippen LogP contribution in [0.1, 0.15) is 29.2 Å². The number of nitrogens with zero attached hydrogens (tertiary/aromatic N) is 2. The first-order chi connectivity index (χ1) is 8.86. The second-order valence-corrected chi connectivity index (χ2v) is 4.37. The zero-order chi connectivity index (χ0) is 12.4. The van der Waals surface area contributed by atoms with Gasteiger partial charge in [-0.15, -0.1) is 0 Å². The summed E-state index contributed by atoms with van der Waals surface area (Å²) in [4.78, 5) is 0. The van der Waals surface area contributed by atoms with Gasteiger partial charge in [-0.3, -0.25) is 0 Å². The maximum atomic E-state index is 10.4. The Morgan fingerprint density at radius 2 is 2.17 bits per heavy atom. The SMILES string of the molecule is OC(c1ccnnc1)c1cccc2c1OCCC2. The third kappa shape index (κ3) is 1.95. The van der Waals surface area contributed by atoms with Gasteiger partial charge in [-0.05, 0) is 24.5 Å². The van der Waals surface area contributed by atoms with Crippen LogP contribution >= 0.6 is 0 Å².